The number of nitrogens with one attached hydrogen (secondary N) is 1. The highest BCUT2D eigenvalue weighted by Gasteiger charge is 2.14. The van der Waals surface area contributed by atoms with Crippen LogP contribution in [0, 0.1) is 0 Å². The van der Waals surface area contributed by atoms with Crippen LogP contribution >= 0.6 is 15.9 Å². The van der Waals surface area contributed by atoms with Gasteiger partial charge in [0.2, 0.25) is 11.5 Å². The summed E-state index contributed by atoms with van der Waals surface area (Å²) in [5.41, 5.74) is 8.36. The lowest BCUT2D eigenvalue weighted by atomic mass is 10.2. The summed E-state index contributed by atoms with van der Waals surface area (Å²) < 4.78 is 5.26. The van der Waals surface area contributed by atoms with Gasteiger partial charge in [0.25, 0.3) is 5.91 Å². The molecule has 7 nitrogen and oxygen atoms in total. The standard InChI is InChI=1S/C10H8BrN5O2/c11-7-3-1-6(2-4-7)5-13-14-10(17)8-9(12)16-18-15-8/h1-5H,(H2,12,16)(H,14,17)/b13-5-. The first-order chi connectivity index (χ1) is 8.66. The molecule has 0 aliphatic heterocycles. The van der Waals surface area contributed by atoms with Crippen molar-refractivity contribution in [1.82, 2.24) is 15.7 Å². The first kappa shape index (κ1) is 12.2. The Morgan fingerprint density at radius 3 is 2.72 bits per heavy atom. The molecule has 0 fully saturated rings. The van der Waals surface area contributed by atoms with Crippen molar-refractivity contribution < 1.29 is 9.42 Å². The molecule has 18 heavy (non-hydrogen) atoms. The van der Waals surface area contributed by atoms with Crippen LogP contribution in [0.5, 0.6) is 0 Å². The number of carbonyl (C=O) groups excluding carboxylic acids is 1. The summed E-state index contributed by atoms with van der Waals surface area (Å²) in [6.45, 7) is 0. The van der Waals surface area contributed by atoms with Gasteiger partial charge in [-0.05, 0) is 28.0 Å². The zero-order chi connectivity index (χ0) is 13.0. The van der Waals surface area contributed by atoms with E-state index >= 15 is 0 Å². The molecule has 92 valence electrons. The number of amides is 1. The molecule has 0 aliphatic rings. The summed E-state index contributed by atoms with van der Waals surface area (Å²) >= 11 is 3.32. The smallest absolute Gasteiger partial charge is 0.297 e. The van der Waals surface area contributed by atoms with Crippen LogP contribution in [-0.4, -0.2) is 22.4 Å². The highest BCUT2D eigenvalue weighted by atomic mass is 79.9. The summed E-state index contributed by atoms with van der Waals surface area (Å²) in [7, 11) is 0. The number of carbonyl (C=O) groups is 1. The molecule has 0 radical (unpaired) electrons. The molecule has 0 saturated carbocycles. The number of hydrazone groups is 1. The minimum Gasteiger partial charge on any atom is -0.379 e. The Balaban J connectivity index is 1.98. The maximum atomic E-state index is 11.5. The lowest BCUT2D eigenvalue weighted by molar-refractivity contribution is 0.0946. The Kier molecular flexibility index (Phi) is 3.68. The minimum absolute atomic E-state index is 0.0775. The molecule has 8 heteroatoms. The summed E-state index contributed by atoms with van der Waals surface area (Å²) in [5, 5.41) is 10.4. The number of benzene rings is 1. The van der Waals surface area contributed by atoms with Crippen molar-refractivity contribution in [2.75, 3.05) is 5.73 Å². The second-order valence-corrected chi connectivity index (χ2v) is 4.16. The van der Waals surface area contributed by atoms with E-state index in [4.69, 9.17) is 5.73 Å². The molecular formula is C10H8BrN5O2. The summed E-state index contributed by atoms with van der Waals surface area (Å²) in [5.74, 6) is -0.659. The van der Waals surface area contributed by atoms with E-state index in [1.165, 1.54) is 6.21 Å². The van der Waals surface area contributed by atoms with Gasteiger partial charge in [-0.1, -0.05) is 28.1 Å². The molecule has 0 spiro atoms. The normalized spacial score (nSPS) is 10.7. The van der Waals surface area contributed by atoms with Crippen molar-refractivity contribution in [3.8, 4) is 0 Å². The Morgan fingerprint density at radius 2 is 2.11 bits per heavy atom. The molecule has 1 heterocycles. The molecule has 2 rings (SSSR count). The zero-order valence-electron chi connectivity index (χ0n) is 9.00. The van der Waals surface area contributed by atoms with E-state index in [0.29, 0.717) is 0 Å². The van der Waals surface area contributed by atoms with Gasteiger partial charge in [-0.25, -0.2) is 10.1 Å². The third-order valence-electron chi connectivity index (χ3n) is 1.98. The third-order valence-corrected chi connectivity index (χ3v) is 2.51. The van der Waals surface area contributed by atoms with E-state index < -0.39 is 5.91 Å². The number of anilines is 1. The van der Waals surface area contributed by atoms with Crippen LogP contribution in [0.2, 0.25) is 0 Å². The van der Waals surface area contributed by atoms with E-state index in [1.807, 2.05) is 24.3 Å². The Hall–Kier alpha value is -2.22. The Bertz CT molecular complexity index is 578. The maximum absolute atomic E-state index is 11.5. The zero-order valence-corrected chi connectivity index (χ0v) is 10.6. The number of halogens is 1. The van der Waals surface area contributed by atoms with Crippen LogP contribution in [0.25, 0.3) is 0 Å². The molecule has 0 atom stereocenters. The second-order valence-electron chi connectivity index (χ2n) is 3.25. The number of nitrogens with two attached hydrogens (primary N) is 1. The molecule has 0 unspecified atom stereocenters. The van der Waals surface area contributed by atoms with Crippen LogP contribution in [0.4, 0.5) is 5.82 Å². The highest BCUT2D eigenvalue weighted by molar-refractivity contribution is 9.10. The van der Waals surface area contributed by atoms with Crippen molar-refractivity contribution in [3.63, 3.8) is 0 Å². The molecule has 1 aromatic carbocycles. The summed E-state index contributed by atoms with van der Waals surface area (Å²) in [6, 6.07) is 7.41. The van der Waals surface area contributed by atoms with Crippen molar-refractivity contribution in [2.24, 2.45) is 5.10 Å². The van der Waals surface area contributed by atoms with E-state index in [9.17, 15) is 4.79 Å². The quantitative estimate of drug-likeness (QED) is 0.654. The predicted molar refractivity (Wildman–Crippen MR) is 67.9 cm³/mol. The average molecular weight is 310 g/mol. The van der Waals surface area contributed by atoms with Gasteiger partial charge in [-0.3, -0.25) is 4.79 Å². The number of hydrogen-bond donors (Lipinski definition) is 2. The van der Waals surface area contributed by atoms with Crippen molar-refractivity contribution in [2.45, 2.75) is 0 Å². The lowest BCUT2D eigenvalue weighted by Gasteiger charge is -1.95. The van der Waals surface area contributed by atoms with E-state index in [-0.39, 0.29) is 11.5 Å². The van der Waals surface area contributed by atoms with Crippen molar-refractivity contribution >= 4 is 33.9 Å². The van der Waals surface area contributed by atoms with Gasteiger partial charge < -0.3 is 5.73 Å². The van der Waals surface area contributed by atoms with E-state index in [2.05, 4.69) is 41.4 Å². The van der Waals surface area contributed by atoms with Gasteiger partial charge in [0, 0.05) is 4.47 Å². The van der Waals surface area contributed by atoms with Crippen LogP contribution in [-0.2, 0) is 0 Å². The van der Waals surface area contributed by atoms with Gasteiger partial charge in [-0.15, -0.1) is 0 Å². The van der Waals surface area contributed by atoms with E-state index in [0.717, 1.165) is 10.0 Å². The molecule has 0 bridgehead atoms. The van der Waals surface area contributed by atoms with Gasteiger partial charge in [0.1, 0.15) is 0 Å². The summed E-state index contributed by atoms with van der Waals surface area (Å²) in [6.07, 6.45) is 1.49. The van der Waals surface area contributed by atoms with Gasteiger partial charge in [0.05, 0.1) is 6.21 Å². The van der Waals surface area contributed by atoms with E-state index in [1.54, 1.807) is 0 Å². The SMILES string of the molecule is Nc1nonc1C(=O)N/N=C\c1ccc(Br)cc1. The van der Waals surface area contributed by atoms with Gasteiger partial charge >= 0.3 is 0 Å². The number of nitrogens with zero attached hydrogens (tertiary/aromatic N) is 3. The number of nitrogen functional groups attached to an aromatic ring is 1. The second kappa shape index (κ2) is 5.41. The fourth-order valence-corrected chi connectivity index (χ4v) is 1.38. The Morgan fingerprint density at radius 1 is 1.39 bits per heavy atom. The minimum atomic E-state index is -0.581. The fourth-order valence-electron chi connectivity index (χ4n) is 1.12. The number of aromatic nitrogens is 2. The number of hydrogen-bond acceptors (Lipinski definition) is 6. The van der Waals surface area contributed by atoms with Gasteiger partial charge in [0.15, 0.2) is 0 Å². The molecule has 1 amide bonds. The highest BCUT2D eigenvalue weighted by Crippen LogP contribution is 2.09. The lowest BCUT2D eigenvalue weighted by Crippen LogP contribution is -2.19. The number of rotatable bonds is 3. The largest absolute Gasteiger partial charge is 0.379 e. The Labute approximate surface area is 110 Å². The predicted octanol–water partition coefficient (Wildman–Crippen LogP) is 1.18. The first-order valence-corrected chi connectivity index (χ1v) is 5.63. The van der Waals surface area contributed by atoms with Gasteiger partial charge in [-0.2, -0.15) is 5.10 Å². The topological polar surface area (TPSA) is 106 Å². The third kappa shape index (κ3) is 2.92. The van der Waals surface area contributed by atoms with Crippen LogP contribution < -0.4 is 11.2 Å². The van der Waals surface area contributed by atoms with Crippen LogP contribution in [0.3, 0.4) is 0 Å². The molecule has 0 aliphatic carbocycles. The van der Waals surface area contributed by atoms with Crippen molar-refractivity contribution in [3.05, 3.63) is 40.0 Å². The van der Waals surface area contributed by atoms with Crippen LogP contribution in [0.1, 0.15) is 16.1 Å². The molecule has 2 aromatic rings. The average Bonchev–Trinajstić information content (AvgIpc) is 2.78. The molecular weight excluding hydrogens is 302 g/mol. The van der Waals surface area contributed by atoms with Crippen LogP contribution in [0.15, 0.2) is 38.5 Å². The van der Waals surface area contributed by atoms with Crippen molar-refractivity contribution in [1.29, 1.82) is 0 Å². The molecule has 3 N–H and O–H groups in total. The molecule has 1 aromatic heterocycles. The summed E-state index contributed by atoms with van der Waals surface area (Å²) in [4.78, 5) is 11.5. The first-order valence-electron chi connectivity index (χ1n) is 4.84. The maximum Gasteiger partial charge on any atom is 0.297 e. The molecule has 0 saturated heterocycles. The fraction of sp³-hybridized carbons (Fsp3) is 0. The monoisotopic (exact) mass is 309 g/mol.